The lowest BCUT2D eigenvalue weighted by Gasteiger charge is -2.18. The van der Waals surface area contributed by atoms with Crippen LogP contribution in [0.25, 0.3) is 0 Å². The van der Waals surface area contributed by atoms with Gasteiger partial charge in [-0.3, -0.25) is 9.59 Å². The molecular weight excluding hydrogens is 358 g/mol. The maximum Gasteiger partial charge on any atom is 0.407 e. The Morgan fingerprint density at radius 3 is 2.37 bits per heavy atom. The second-order valence-corrected chi connectivity index (χ2v) is 5.47. The molecule has 1 rings (SSSR count). The van der Waals surface area contributed by atoms with Crippen molar-refractivity contribution in [2.24, 2.45) is 0 Å². The summed E-state index contributed by atoms with van der Waals surface area (Å²) >= 11 is 0. The molecule has 148 valence electrons. The number of carbonyl (C=O) groups is 4. The minimum absolute atomic E-state index is 0.0587. The van der Waals surface area contributed by atoms with Gasteiger partial charge < -0.3 is 30.5 Å². The molecular formula is C17H23N3O7. The van der Waals surface area contributed by atoms with Gasteiger partial charge in [-0.05, 0) is 12.5 Å². The highest BCUT2D eigenvalue weighted by Gasteiger charge is 2.24. The number of alkyl carbamates (subject to hydrolysis) is 1. The molecule has 0 unspecified atom stereocenters. The summed E-state index contributed by atoms with van der Waals surface area (Å²) in [6.07, 6.45) is -0.780. The molecule has 10 nitrogen and oxygen atoms in total. The fraction of sp³-hybridized carbons (Fsp3) is 0.412. The largest absolute Gasteiger partial charge is 0.467 e. The summed E-state index contributed by atoms with van der Waals surface area (Å²) in [4.78, 5) is 46.6. The van der Waals surface area contributed by atoms with E-state index in [0.717, 1.165) is 12.7 Å². The Kier molecular flexibility index (Phi) is 9.30. The van der Waals surface area contributed by atoms with E-state index in [9.17, 15) is 19.2 Å². The molecule has 0 aliphatic carbocycles. The van der Waals surface area contributed by atoms with Crippen molar-refractivity contribution in [1.29, 1.82) is 0 Å². The molecule has 0 aliphatic rings. The maximum absolute atomic E-state index is 11.9. The molecule has 27 heavy (non-hydrogen) atoms. The molecule has 0 aromatic heterocycles. The van der Waals surface area contributed by atoms with Crippen molar-refractivity contribution in [3.8, 4) is 0 Å². The number of aliphatic hydroxyl groups excluding tert-OH is 1. The minimum Gasteiger partial charge on any atom is -0.467 e. The molecule has 1 aromatic carbocycles. The normalized spacial score (nSPS) is 12.3. The molecule has 0 bridgehead atoms. The quantitative estimate of drug-likeness (QED) is 0.405. The Hall–Kier alpha value is -3.14. The van der Waals surface area contributed by atoms with Crippen molar-refractivity contribution in [3.05, 3.63) is 35.9 Å². The lowest BCUT2D eigenvalue weighted by Crippen LogP contribution is -2.53. The van der Waals surface area contributed by atoms with Crippen LogP contribution < -0.4 is 16.0 Å². The Morgan fingerprint density at radius 1 is 1.11 bits per heavy atom. The Bertz CT molecular complexity index is 651. The third-order valence-corrected chi connectivity index (χ3v) is 3.36. The van der Waals surface area contributed by atoms with Gasteiger partial charge in [-0.15, -0.1) is 0 Å². The number of benzene rings is 1. The molecule has 0 heterocycles. The smallest absolute Gasteiger partial charge is 0.407 e. The zero-order valence-electron chi connectivity index (χ0n) is 15.1. The summed E-state index contributed by atoms with van der Waals surface area (Å²) in [5.74, 6) is -2.14. The first kappa shape index (κ1) is 21.9. The first-order valence-corrected chi connectivity index (χ1v) is 8.10. The van der Waals surface area contributed by atoms with Crippen LogP contribution in [0.3, 0.4) is 0 Å². The Morgan fingerprint density at radius 2 is 1.78 bits per heavy atom. The van der Waals surface area contributed by atoms with E-state index >= 15 is 0 Å². The molecule has 3 amide bonds. The first-order chi connectivity index (χ1) is 12.9. The van der Waals surface area contributed by atoms with Crippen molar-refractivity contribution >= 4 is 23.9 Å². The predicted molar refractivity (Wildman–Crippen MR) is 93.3 cm³/mol. The lowest BCUT2D eigenvalue weighted by atomic mass is 10.2. The van der Waals surface area contributed by atoms with Crippen LogP contribution in [-0.4, -0.2) is 61.3 Å². The third-order valence-electron chi connectivity index (χ3n) is 3.36. The maximum atomic E-state index is 11.9. The van der Waals surface area contributed by atoms with Crippen LogP contribution in [-0.2, 0) is 30.5 Å². The van der Waals surface area contributed by atoms with Gasteiger partial charge in [0, 0.05) is 0 Å². The lowest BCUT2D eigenvalue weighted by molar-refractivity contribution is -0.146. The van der Waals surface area contributed by atoms with Gasteiger partial charge in [-0.25, -0.2) is 9.59 Å². The van der Waals surface area contributed by atoms with E-state index in [-0.39, 0.29) is 6.61 Å². The minimum atomic E-state index is -1.23. The monoisotopic (exact) mass is 381 g/mol. The number of carbonyl (C=O) groups excluding carboxylic acids is 4. The number of methoxy groups -OCH3 is 1. The zero-order valence-corrected chi connectivity index (χ0v) is 15.1. The number of esters is 1. The highest BCUT2D eigenvalue weighted by molar-refractivity contribution is 5.91. The molecule has 0 saturated heterocycles. The van der Waals surface area contributed by atoms with Gasteiger partial charge in [0.1, 0.15) is 19.2 Å². The third kappa shape index (κ3) is 8.19. The van der Waals surface area contributed by atoms with Gasteiger partial charge in [0.2, 0.25) is 11.8 Å². The number of hydrogen-bond acceptors (Lipinski definition) is 7. The summed E-state index contributed by atoms with van der Waals surface area (Å²) in [7, 11) is 1.12. The van der Waals surface area contributed by atoms with Crippen molar-refractivity contribution in [3.63, 3.8) is 0 Å². The van der Waals surface area contributed by atoms with Crippen LogP contribution in [0.1, 0.15) is 12.5 Å². The van der Waals surface area contributed by atoms with Crippen molar-refractivity contribution in [1.82, 2.24) is 16.0 Å². The molecule has 4 N–H and O–H groups in total. The number of hydrogen-bond donors (Lipinski definition) is 4. The van der Waals surface area contributed by atoms with E-state index in [4.69, 9.17) is 9.84 Å². The summed E-state index contributed by atoms with van der Waals surface area (Å²) in [6.45, 7) is 0.398. The summed E-state index contributed by atoms with van der Waals surface area (Å²) in [5.41, 5.74) is 0.798. The molecule has 1 aromatic rings. The van der Waals surface area contributed by atoms with Gasteiger partial charge in [0.15, 0.2) is 6.04 Å². The Balaban J connectivity index is 2.32. The van der Waals surface area contributed by atoms with Crippen molar-refractivity contribution in [2.75, 3.05) is 20.3 Å². The van der Waals surface area contributed by atoms with Gasteiger partial charge in [0.25, 0.3) is 0 Å². The van der Waals surface area contributed by atoms with E-state index in [1.165, 1.54) is 6.92 Å². The highest BCUT2D eigenvalue weighted by Crippen LogP contribution is 2.00. The number of rotatable bonds is 9. The highest BCUT2D eigenvalue weighted by atomic mass is 16.5. The van der Waals surface area contributed by atoms with E-state index in [1.54, 1.807) is 24.3 Å². The molecule has 0 saturated carbocycles. The van der Waals surface area contributed by atoms with E-state index in [1.807, 2.05) is 6.07 Å². The van der Waals surface area contributed by atoms with Gasteiger partial charge in [-0.2, -0.15) is 0 Å². The molecule has 10 heteroatoms. The van der Waals surface area contributed by atoms with Gasteiger partial charge in [-0.1, -0.05) is 30.3 Å². The zero-order chi connectivity index (χ0) is 20.2. The van der Waals surface area contributed by atoms with Crippen LogP contribution in [0.4, 0.5) is 4.79 Å². The van der Waals surface area contributed by atoms with Gasteiger partial charge in [0.05, 0.1) is 13.7 Å². The number of ether oxygens (including phenoxy) is 2. The average molecular weight is 381 g/mol. The summed E-state index contributed by atoms with van der Waals surface area (Å²) in [5, 5.41) is 15.9. The molecule has 0 spiro atoms. The second kappa shape index (κ2) is 11.5. The van der Waals surface area contributed by atoms with Crippen molar-refractivity contribution in [2.45, 2.75) is 25.6 Å². The number of amides is 3. The molecule has 0 aliphatic heterocycles. The van der Waals surface area contributed by atoms with Crippen LogP contribution in [0.5, 0.6) is 0 Å². The topological polar surface area (TPSA) is 143 Å². The Labute approximate surface area is 156 Å². The number of nitrogens with one attached hydrogen (secondary N) is 3. The fourth-order valence-corrected chi connectivity index (χ4v) is 1.90. The van der Waals surface area contributed by atoms with Gasteiger partial charge >= 0.3 is 12.1 Å². The SMILES string of the molecule is COC(=O)[C@H](CO)NC(=O)[C@H](C)NC(=O)CNC(=O)OCc1ccccc1. The molecule has 0 fully saturated rings. The van der Waals surface area contributed by atoms with Crippen LogP contribution >= 0.6 is 0 Å². The fourth-order valence-electron chi connectivity index (χ4n) is 1.90. The van der Waals surface area contributed by atoms with Crippen LogP contribution in [0, 0.1) is 0 Å². The van der Waals surface area contributed by atoms with Crippen molar-refractivity contribution < 1.29 is 33.8 Å². The van der Waals surface area contributed by atoms with E-state index in [2.05, 4.69) is 20.7 Å². The second-order valence-electron chi connectivity index (χ2n) is 5.47. The van der Waals surface area contributed by atoms with E-state index < -0.39 is 49.1 Å². The number of aliphatic hydroxyl groups is 1. The van der Waals surface area contributed by atoms with E-state index in [0.29, 0.717) is 0 Å². The summed E-state index contributed by atoms with van der Waals surface area (Å²) < 4.78 is 9.37. The average Bonchev–Trinajstić information content (AvgIpc) is 2.68. The predicted octanol–water partition coefficient (Wildman–Crippen LogP) is -0.932. The van der Waals surface area contributed by atoms with Crippen LogP contribution in [0.2, 0.25) is 0 Å². The molecule has 2 atom stereocenters. The first-order valence-electron chi connectivity index (χ1n) is 8.10. The molecule has 0 radical (unpaired) electrons. The van der Waals surface area contributed by atoms with Crippen LogP contribution in [0.15, 0.2) is 30.3 Å². The summed E-state index contributed by atoms with van der Waals surface area (Å²) in [6, 6.07) is 6.78. The standard InChI is InChI=1S/C17H23N3O7/c1-11(15(23)20-13(9-21)16(24)26-2)19-14(22)8-18-17(25)27-10-12-6-4-3-5-7-12/h3-7,11,13,21H,8-10H2,1-2H3,(H,18,25)(H,19,22)(H,20,23)/t11-,13-/m0/s1.